The lowest BCUT2D eigenvalue weighted by atomic mass is 10.2. The Morgan fingerprint density at radius 1 is 1.00 bits per heavy atom. The van der Waals surface area contributed by atoms with Gasteiger partial charge in [0.05, 0.1) is 6.54 Å². The number of rotatable bonds is 6. The first-order chi connectivity index (χ1) is 12.6. The van der Waals surface area contributed by atoms with Gasteiger partial charge in [0.25, 0.3) is 0 Å². The third-order valence-corrected chi connectivity index (χ3v) is 4.80. The fourth-order valence-electron chi connectivity index (χ4n) is 2.95. The van der Waals surface area contributed by atoms with E-state index in [1.165, 1.54) is 5.69 Å². The van der Waals surface area contributed by atoms with Gasteiger partial charge in [0.15, 0.2) is 0 Å². The summed E-state index contributed by atoms with van der Waals surface area (Å²) in [5.74, 6) is -0.0497. The molecule has 0 saturated carbocycles. The number of benzene rings is 2. The number of likely N-dealkylation sites (N-methyl/N-ethyl adjacent to an activating group) is 1. The van der Waals surface area contributed by atoms with Gasteiger partial charge in [-0.05, 0) is 49.0 Å². The molecule has 1 aliphatic heterocycles. The van der Waals surface area contributed by atoms with Crippen molar-refractivity contribution < 1.29 is 4.79 Å². The van der Waals surface area contributed by atoms with E-state index >= 15 is 0 Å². The van der Waals surface area contributed by atoms with Gasteiger partial charge in [-0.25, -0.2) is 0 Å². The van der Waals surface area contributed by atoms with Crippen molar-refractivity contribution in [3.05, 3.63) is 59.1 Å². The van der Waals surface area contributed by atoms with Crippen LogP contribution in [0.5, 0.6) is 0 Å². The maximum Gasteiger partial charge on any atom is 0.238 e. The summed E-state index contributed by atoms with van der Waals surface area (Å²) in [6.45, 7) is 5.14. The Morgan fingerprint density at radius 2 is 1.65 bits per heavy atom. The summed E-state index contributed by atoms with van der Waals surface area (Å²) >= 11 is 5.86. The van der Waals surface area contributed by atoms with Crippen LogP contribution in [0.2, 0.25) is 5.02 Å². The van der Waals surface area contributed by atoms with E-state index in [0.717, 1.165) is 37.4 Å². The Morgan fingerprint density at radius 3 is 2.31 bits per heavy atom. The highest BCUT2D eigenvalue weighted by Gasteiger charge is 2.14. The quantitative estimate of drug-likeness (QED) is 0.818. The van der Waals surface area contributed by atoms with E-state index < -0.39 is 0 Å². The van der Waals surface area contributed by atoms with Gasteiger partial charge in [0.1, 0.15) is 0 Å². The maximum atomic E-state index is 12.1. The zero-order valence-corrected chi connectivity index (χ0v) is 15.8. The van der Waals surface area contributed by atoms with Gasteiger partial charge in [-0.3, -0.25) is 4.79 Å². The number of carbonyl (C=O) groups is 1. The summed E-state index contributed by atoms with van der Waals surface area (Å²) in [5.41, 5.74) is 3.12. The fourth-order valence-corrected chi connectivity index (χ4v) is 3.07. The number of anilines is 2. The second-order valence-electron chi connectivity index (χ2n) is 6.62. The first-order valence-electron chi connectivity index (χ1n) is 8.89. The van der Waals surface area contributed by atoms with Crippen LogP contribution in [-0.4, -0.2) is 50.6 Å². The van der Waals surface area contributed by atoms with E-state index in [1.54, 1.807) is 0 Å². The predicted octanol–water partition coefficient (Wildman–Crippen LogP) is 2.82. The molecule has 1 fully saturated rings. The van der Waals surface area contributed by atoms with Crippen molar-refractivity contribution in [3.63, 3.8) is 0 Å². The lowest BCUT2D eigenvalue weighted by Gasteiger charge is -2.34. The number of hydrogen-bond donors (Lipinski definition) is 2. The normalized spacial score (nSPS) is 15.1. The molecule has 0 unspecified atom stereocenters. The van der Waals surface area contributed by atoms with Crippen LogP contribution in [0.1, 0.15) is 5.56 Å². The Kier molecular flexibility index (Phi) is 6.50. The predicted molar refractivity (Wildman–Crippen MR) is 108 cm³/mol. The van der Waals surface area contributed by atoms with E-state index in [0.29, 0.717) is 11.6 Å². The molecule has 0 bridgehead atoms. The summed E-state index contributed by atoms with van der Waals surface area (Å²) in [5, 5.41) is 6.78. The second-order valence-corrected chi connectivity index (χ2v) is 7.05. The molecule has 1 amide bonds. The van der Waals surface area contributed by atoms with Gasteiger partial charge >= 0.3 is 0 Å². The number of halogens is 1. The van der Waals surface area contributed by atoms with Crippen molar-refractivity contribution in [2.24, 2.45) is 0 Å². The molecule has 0 aromatic heterocycles. The average molecular weight is 373 g/mol. The van der Waals surface area contributed by atoms with Crippen molar-refractivity contribution in [3.8, 4) is 0 Å². The first-order valence-corrected chi connectivity index (χ1v) is 9.26. The lowest BCUT2D eigenvalue weighted by molar-refractivity contribution is -0.115. The molecule has 2 aromatic rings. The Hall–Kier alpha value is -2.08. The van der Waals surface area contributed by atoms with Gasteiger partial charge in [-0.2, -0.15) is 0 Å². The van der Waals surface area contributed by atoms with E-state index in [-0.39, 0.29) is 12.5 Å². The molecule has 1 aliphatic rings. The summed E-state index contributed by atoms with van der Waals surface area (Å²) in [4.78, 5) is 16.8. The Labute approximate surface area is 159 Å². The number of hydrogen-bond acceptors (Lipinski definition) is 4. The summed E-state index contributed by atoms with van der Waals surface area (Å²) in [6, 6.07) is 15.7. The minimum Gasteiger partial charge on any atom is -0.369 e. The SMILES string of the molecule is CN1CCN(c2ccc(NC(=O)CNCc3ccc(Cl)cc3)cc2)CC1. The molecule has 5 nitrogen and oxygen atoms in total. The van der Waals surface area contributed by atoms with Crippen LogP contribution < -0.4 is 15.5 Å². The van der Waals surface area contributed by atoms with Crippen LogP contribution in [0.4, 0.5) is 11.4 Å². The second kappa shape index (κ2) is 9.03. The number of amides is 1. The zero-order valence-electron chi connectivity index (χ0n) is 15.0. The van der Waals surface area contributed by atoms with E-state index in [1.807, 2.05) is 36.4 Å². The van der Waals surface area contributed by atoms with Crippen molar-refractivity contribution in [2.45, 2.75) is 6.54 Å². The Balaban J connectivity index is 1.43. The smallest absolute Gasteiger partial charge is 0.238 e. The van der Waals surface area contributed by atoms with E-state index in [2.05, 4.69) is 39.6 Å². The van der Waals surface area contributed by atoms with Crippen LogP contribution in [0, 0.1) is 0 Å². The van der Waals surface area contributed by atoms with Gasteiger partial charge in [0, 0.05) is 49.1 Å². The summed E-state index contributed by atoms with van der Waals surface area (Å²) in [6.07, 6.45) is 0. The third kappa shape index (κ3) is 5.46. The number of piperazine rings is 1. The standard InChI is InChI=1S/C20H25ClN4O/c1-24-10-12-25(13-11-24)19-8-6-18(7-9-19)23-20(26)15-22-14-16-2-4-17(21)5-3-16/h2-9,22H,10-15H2,1H3,(H,23,26). The molecule has 0 radical (unpaired) electrons. The van der Waals surface area contributed by atoms with E-state index in [9.17, 15) is 4.79 Å². The highest BCUT2D eigenvalue weighted by molar-refractivity contribution is 6.30. The van der Waals surface area contributed by atoms with Crippen LogP contribution in [0.3, 0.4) is 0 Å². The third-order valence-electron chi connectivity index (χ3n) is 4.55. The molecular formula is C20H25ClN4O. The van der Waals surface area contributed by atoms with Gasteiger partial charge < -0.3 is 20.4 Å². The lowest BCUT2D eigenvalue weighted by Crippen LogP contribution is -2.44. The maximum absolute atomic E-state index is 12.1. The number of carbonyl (C=O) groups excluding carboxylic acids is 1. The number of nitrogens with one attached hydrogen (secondary N) is 2. The highest BCUT2D eigenvalue weighted by Crippen LogP contribution is 2.19. The fraction of sp³-hybridized carbons (Fsp3) is 0.350. The topological polar surface area (TPSA) is 47.6 Å². The average Bonchev–Trinajstić information content (AvgIpc) is 2.65. The van der Waals surface area contributed by atoms with Gasteiger partial charge in [-0.15, -0.1) is 0 Å². The molecule has 0 spiro atoms. The molecule has 0 aliphatic carbocycles. The van der Waals surface area contributed by atoms with Gasteiger partial charge in [-0.1, -0.05) is 23.7 Å². The van der Waals surface area contributed by atoms with Crippen LogP contribution >= 0.6 is 11.6 Å². The summed E-state index contributed by atoms with van der Waals surface area (Å²) < 4.78 is 0. The molecule has 2 N–H and O–H groups in total. The molecular weight excluding hydrogens is 348 g/mol. The molecule has 2 aromatic carbocycles. The minimum absolute atomic E-state index is 0.0497. The summed E-state index contributed by atoms with van der Waals surface area (Å²) in [7, 11) is 2.15. The molecule has 138 valence electrons. The Bertz CT molecular complexity index is 710. The first kappa shape index (κ1) is 18.7. The number of nitrogens with zero attached hydrogens (tertiary/aromatic N) is 2. The molecule has 6 heteroatoms. The zero-order chi connectivity index (χ0) is 18.4. The largest absolute Gasteiger partial charge is 0.369 e. The molecule has 1 saturated heterocycles. The van der Waals surface area contributed by atoms with Crippen molar-refractivity contribution in [1.29, 1.82) is 0 Å². The molecule has 3 rings (SSSR count). The molecule has 26 heavy (non-hydrogen) atoms. The van der Waals surface area contributed by atoms with Crippen molar-refractivity contribution in [2.75, 3.05) is 50.0 Å². The van der Waals surface area contributed by atoms with Crippen molar-refractivity contribution in [1.82, 2.24) is 10.2 Å². The molecule has 1 heterocycles. The molecule has 0 atom stereocenters. The van der Waals surface area contributed by atoms with E-state index in [4.69, 9.17) is 11.6 Å². The monoisotopic (exact) mass is 372 g/mol. The van der Waals surface area contributed by atoms with Crippen LogP contribution in [0.15, 0.2) is 48.5 Å². The van der Waals surface area contributed by atoms with Crippen LogP contribution in [-0.2, 0) is 11.3 Å². The minimum atomic E-state index is -0.0497. The highest BCUT2D eigenvalue weighted by atomic mass is 35.5. The van der Waals surface area contributed by atoms with Crippen LogP contribution in [0.25, 0.3) is 0 Å². The van der Waals surface area contributed by atoms with Gasteiger partial charge in [0.2, 0.25) is 5.91 Å². The van der Waals surface area contributed by atoms with Crippen molar-refractivity contribution >= 4 is 28.9 Å².